The minimum Gasteiger partial charge on any atom is -0.343 e. The van der Waals surface area contributed by atoms with E-state index < -0.39 is 6.04 Å². The zero-order chi connectivity index (χ0) is 21.7. The van der Waals surface area contributed by atoms with Gasteiger partial charge in [-0.05, 0) is 62.1 Å². The summed E-state index contributed by atoms with van der Waals surface area (Å²) in [5, 5.41) is 11.9. The second-order valence-electron chi connectivity index (χ2n) is 6.80. The molecular formula is C21H25N5O2S2. The van der Waals surface area contributed by atoms with Crippen molar-refractivity contribution < 1.29 is 9.59 Å². The summed E-state index contributed by atoms with van der Waals surface area (Å²) >= 11 is 6.87. The molecule has 0 spiro atoms. The van der Waals surface area contributed by atoms with E-state index in [-0.39, 0.29) is 11.8 Å². The second kappa shape index (κ2) is 9.82. The Labute approximate surface area is 184 Å². The highest BCUT2D eigenvalue weighted by molar-refractivity contribution is 7.71. The number of thiophene rings is 1. The van der Waals surface area contributed by atoms with Gasteiger partial charge in [-0.2, -0.15) is 5.10 Å². The summed E-state index contributed by atoms with van der Waals surface area (Å²) in [6.07, 6.45) is 0.348. The van der Waals surface area contributed by atoms with Gasteiger partial charge in [0.1, 0.15) is 6.04 Å². The lowest BCUT2D eigenvalue weighted by atomic mass is 10.1. The topological polar surface area (TPSA) is 83.0 Å². The van der Waals surface area contributed by atoms with Crippen LogP contribution < -0.4 is 5.32 Å². The Morgan fingerprint density at radius 3 is 2.53 bits per heavy atom. The van der Waals surface area contributed by atoms with Crippen LogP contribution in [0.25, 0.3) is 10.7 Å². The SMILES string of the molecule is CCN(CC)C(=O)Cc1ccc(NC(=O)C(C)n2c(-c3cccs3)n[nH]c2=S)cc1. The van der Waals surface area contributed by atoms with Crippen LogP contribution in [0.5, 0.6) is 0 Å². The average Bonchev–Trinajstić information content (AvgIpc) is 3.39. The van der Waals surface area contributed by atoms with E-state index in [1.165, 1.54) is 11.3 Å². The number of H-pyrrole nitrogens is 1. The van der Waals surface area contributed by atoms with E-state index >= 15 is 0 Å². The molecule has 30 heavy (non-hydrogen) atoms. The molecule has 0 aliphatic carbocycles. The lowest BCUT2D eigenvalue weighted by Gasteiger charge is -2.18. The number of rotatable bonds is 8. The fraction of sp³-hybridized carbons (Fsp3) is 0.333. The maximum atomic E-state index is 12.8. The molecule has 0 radical (unpaired) electrons. The second-order valence-corrected chi connectivity index (χ2v) is 8.14. The smallest absolute Gasteiger partial charge is 0.247 e. The van der Waals surface area contributed by atoms with Crippen molar-refractivity contribution in [1.29, 1.82) is 0 Å². The van der Waals surface area contributed by atoms with Crippen LogP contribution in [0.2, 0.25) is 0 Å². The molecule has 158 valence electrons. The zero-order valence-corrected chi connectivity index (χ0v) is 18.8. The number of likely N-dealkylation sites (N-methyl/N-ethyl adjacent to an activating group) is 1. The molecule has 9 heteroatoms. The molecule has 7 nitrogen and oxygen atoms in total. The van der Waals surface area contributed by atoms with Crippen molar-refractivity contribution in [2.24, 2.45) is 0 Å². The van der Waals surface area contributed by atoms with Crippen molar-refractivity contribution >= 4 is 41.1 Å². The van der Waals surface area contributed by atoms with E-state index in [9.17, 15) is 9.59 Å². The average molecular weight is 444 g/mol. The number of carbonyl (C=O) groups excluding carboxylic acids is 2. The van der Waals surface area contributed by atoms with Gasteiger partial charge in [0.05, 0.1) is 11.3 Å². The summed E-state index contributed by atoms with van der Waals surface area (Å²) in [4.78, 5) is 27.8. The Morgan fingerprint density at radius 2 is 1.93 bits per heavy atom. The fourth-order valence-electron chi connectivity index (χ4n) is 3.18. The molecule has 1 unspecified atom stereocenters. The van der Waals surface area contributed by atoms with Gasteiger partial charge in [0.2, 0.25) is 11.8 Å². The van der Waals surface area contributed by atoms with Crippen molar-refractivity contribution in [3.05, 3.63) is 52.1 Å². The molecule has 3 aromatic rings. The minimum absolute atomic E-state index is 0.0980. The van der Waals surface area contributed by atoms with Crippen molar-refractivity contribution in [2.45, 2.75) is 33.2 Å². The summed E-state index contributed by atoms with van der Waals surface area (Å²) in [5.74, 6) is 0.543. The van der Waals surface area contributed by atoms with E-state index in [1.54, 1.807) is 16.4 Å². The maximum Gasteiger partial charge on any atom is 0.247 e. The maximum absolute atomic E-state index is 12.8. The van der Waals surface area contributed by atoms with Crippen LogP contribution in [0, 0.1) is 4.77 Å². The highest BCUT2D eigenvalue weighted by atomic mass is 32.1. The predicted molar refractivity (Wildman–Crippen MR) is 122 cm³/mol. The molecule has 0 saturated carbocycles. The molecule has 2 heterocycles. The fourth-order valence-corrected chi connectivity index (χ4v) is 4.18. The molecule has 3 rings (SSSR count). The number of hydrogen-bond acceptors (Lipinski definition) is 5. The number of nitrogens with one attached hydrogen (secondary N) is 2. The Hall–Kier alpha value is -2.78. The monoisotopic (exact) mass is 443 g/mol. The van der Waals surface area contributed by atoms with Gasteiger partial charge in [-0.25, -0.2) is 0 Å². The van der Waals surface area contributed by atoms with E-state index in [1.807, 2.05) is 55.6 Å². The van der Waals surface area contributed by atoms with Crippen LogP contribution in [0.4, 0.5) is 5.69 Å². The van der Waals surface area contributed by atoms with Crippen LogP contribution in [-0.2, 0) is 16.0 Å². The first kappa shape index (κ1) is 21.9. The third-order valence-electron chi connectivity index (χ3n) is 4.91. The number of anilines is 1. The largest absolute Gasteiger partial charge is 0.343 e. The van der Waals surface area contributed by atoms with Crippen molar-refractivity contribution in [2.75, 3.05) is 18.4 Å². The Morgan fingerprint density at radius 1 is 1.23 bits per heavy atom. The predicted octanol–water partition coefficient (Wildman–Crippen LogP) is 4.28. The van der Waals surface area contributed by atoms with Crippen molar-refractivity contribution in [3.63, 3.8) is 0 Å². The number of aromatic nitrogens is 3. The number of aromatic amines is 1. The highest BCUT2D eigenvalue weighted by Crippen LogP contribution is 2.26. The molecule has 0 aliphatic rings. The Kier molecular flexibility index (Phi) is 7.17. The molecule has 2 N–H and O–H groups in total. The first-order valence-electron chi connectivity index (χ1n) is 9.82. The van der Waals surface area contributed by atoms with Gasteiger partial charge in [-0.3, -0.25) is 19.3 Å². The lowest BCUT2D eigenvalue weighted by molar-refractivity contribution is -0.130. The minimum atomic E-state index is -0.544. The Balaban J connectivity index is 1.69. The first-order valence-corrected chi connectivity index (χ1v) is 11.1. The van der Waals surface area contributed by atoms with Gasteiger partial charge < -0.3 is 10.2 Å². The third-order valence-corrected chi connectivity index (χ3v) is 6.06. The van der Waals surface area contributed by atoms with E-state index in [0.29, 0.717) is 35.8 Å². The van der Waals surface area contributed by atoms with Crippen LogP contribution in [-0.4, -0.2) is 44.6 Å². The molecule has 0 saturated heterocycles. The van der Waals surface area contributed by atoms with E-state index in [2.05, 4.69) is 15.5 Å². The number of hydrogen-bond donors (Lipinski definition) is 2. The normalized spacial score (nSPS) is 11.8. The number of nitrogens with zero attached hydrogens (tertiary/aromatic N) is 3. The standard InChI is InChI=1S/C21H25N5O2S2/c1-4-25(5-2)18(27)13-15-8-10-16(11-9-15)22-20(28)14(3)26-19(23-24-21(26)29)17-7-6-12-30-17/h6-12,14H,4-5,13H2,1-3H3,(H,22,28)(H,24,29). The summed E-state index contributed by atoms with van der Waals surface area (Å²) < 4.78 is 2.11. The molecule has 2 aromatic heterocycles. The Bertz CT molecular complexity index is 1050. The first-order chi connectivity index (χ1) is 14.4. The quantitative estimate of drug-likeness (QED) is 0.509. The van der Waals surface area contributed by atoms with Crippen molar-refractivity contribution in [1.82, 2.24) is 19.7 Å². The zero-order valence-electron chi connectivity index (χ0n) is 17.2. The molecule has 1 aromatic carbocycles. The van der Waals surface area contributed by atoms with Crippen molar-refractivity contribution in [3.8, 4) is 10.7 Å². The van der Waals surface area contributed by atoms with Gasteiger partial charge in [-0.1, -0.05) is 18.2 Å². The molecule has 0 bridgehead atoms. The lowest BCUT2D eigenvalue weighted by Crippen LogP contribution is -2.31. The number of benzene rings is 1. The molecule has 2 amide bonds. The third kappa shape index (κ3) is 4.85. The molecule has 0 fully saturated rings. The summed E-state index contributed by atoms with van der Waals surface area (Å²) in [7, 11) is 0. The summed E-state index contributed by atoms with van der Waals surface area (Å²) in [6.45, 7) is 7.13. The van der Waals surface area contributed by atoms with Gasteiger partial charge >= 0.3 is 0 Å². The van der Waals surface area contributed by atoms with Gasteiger partial charge in [0.15, 0.2) is 10.6 Å². The van der Waals surface area contributed by atoms with Gasteiger partial charge in [0.25, 0.3) is 0 Å². The van der Waals surface area contributed by atoms with Crippen LogP contribution in [0.1, 0.15) is 32.4 Å². The molecule has 0 aliphatic heterocycles. The number of amides is 2. The van der Waals surface area contributed by atoms with E-state index in [4.69, 9.17) is 12.2 Å². The highest BCUT2D eigenvalue weighted by Gasteiger charge is 2.21. The molecule has 1 atom stereocenters. The summed E-state index contributed by atoms with van der Waals surface area (Å²) in [5.41, 5.74) is 1.58. The summed E-state index contributed by atoms with van der Waals surface area (Å²) in [6, 6.07) is 10.7. The van der Waals surface area contributed by atoms with Gasteiger partial charge in [0, 0.05) is 18.8 Å². The molecular weight excluding hydrogens is 418 g/mol. The van der Waals surface area contributed by atoms with E-state index in [0.717, 1.165) is 10.4 Å². The van der Waals surface area contributed by atoms with Crippen LogP contribution in [0.15, 0.2) is 41.8 Å². The van der Waals surface area contributed by atoms with Gasteiger partial charge in [-0.15, -0.1) is 11.3 Å². The van der Waals surface area contributed by atoms with Crippen LogP contribution in [0.3, 0.4) is 0 Å². The number of carbonyl (C=O) groups is 2. The van der Waals surface area contributed by atoms with Crippen LogP contribution >= 0.6 is 23.6 Å².